The molecule has 5 rings (SSSR count). The van der Waals surface area contributed by atoms with Crippen molar-refractivity contribution >= 4 is 33.8 Å². The van der Waals surface area contributed by atoms with E-state index in [-0.39, 0.29) is 23.8 Å². The van der Waals surface area contributed by atoms with Crippen molar-refractivity contribution in [3.8, 4) is 0 Å². The molecule has 228 valence electrons. The number of hydrogen-bond acceptors (Lipinski definition) is 8. The van der Waals surface area contributed by atoms with Gasteiger partial charge in [0.1, 0.15) is 23.7 Å². The fourth-order valence-corrected chi connectivity index (χ4v) is 7.50. The standard InChI is InChI=1S/C28H42N4O8S/c1-18-15-23-24(33)30-28(26(35)31-41(37,38)21-9-10-21)16-19(28)7-5-3-2-4-6-8-22(25(34)32(23)17-18)29-27(36)40-20-11-13-39-14-12-20/h5,7,18-23H,2-4,6,8-17H2,1H3,(H,29,36)(H,30,33)(H,31,35)/b7-5-/t18-,19-,22+,23+,28-/m1/s1. The van der Waals surface area contributed by atoms with Gasteiger partial charge in [-0.3, -0.25) is 19.1 Å². The van der Waals surface area contributed by atoms with Gasteiger partial charge in [0.05, 0.1) is 18.5 Å². The summed E-state index contributed by atoms with van der Waals surface area (Å²) >= 11 is 0. The lowest BCUT2D eigenvalue weighted by Gasteiger charge is -2.30. The van der Waals surface area contributed by atoms with Crippen LogP contribution in [0.1, 0.15) is 77.6 Å². The molecule has 3 aliphatic heterocycles. The summed E-state index contributed by atoms with van der Waals surface area (Å²) in [6, 6.07) is -1.69. The molecular formula is C28H42N4O8S. The zero-order chi connectivity index (χ0) is 29.2. The number of nitrogens with one attached hydrogen (secondary N) is 3. The Labute approximate surface area is 241 Å². The van der Waals surface area contributed by atoms with Gasteiger partial charge in [0.15, 0.2) is 0 Å². The number of rotatable bonds is 5. The van der Waals surface area contributed by atoms with E-state index in [1.807, 2.05) is 19.1 Å². The van der Waals surface area contributed by atoms with E-state index in [2.05, 4.69) is 15.4 Å². The van der Waals surface area contributed by atoms with Crippen LogP contribution in [0.25, 0.3) is 0 Å². The van der Waals surface area contributed by atoms with E-state index < -0.39 is 50.8 Å². The number of fused-ring (bicyclic) bond motifs is 2. The number of hydrogen-bond donors (Lipinski definition) is 3. The third-order valence-corrected chi connectivity index (χ3v) is 10.6. The van der Waals surface area contributed by atoms with E-state index in [1.54, 1.807) is 0 Å². The molecule has 13 heteroatoms. The van der Waals surface area contributed by atoms with Crippen LogP contribution >= 0.6 is 0 Å². The molecule has 0 aromatic rings. The topological polar surface area (TPSA) is 160 Å². The van der Waals surface area contributed by atoms with Gasteiger partial charge in [-0.2, -0.15) is 0 Å². The van der Waals surface area contributed by atoms with Gasteiger partial charge in [0, 0.05) is 25.3 Å². The van der Waals surface area contributed by atoms with Gasteiger partial charge in [0.25, 0.3) is 5.91 Å². The van der Waals surface area contributed by atoms with Crippen LogP contribution in [-0.2, 0) is 33.9 Å². The van der Waals surface area contributed by atoms with E-state index in [0.29, 0.717) is 71.1 Å². The highest BCUT2D eigenvalue weighted by molar-refractivity contribution is 7.91. The minimum atomic E-state index is -3.79. The van der Waals surface area contributed by atoms with E-state index in [1.165, 1.54) is 4.90 Å². The van der Waals surface area contributed by atoms with Gasteiger partial charge >= 0.3 is 6.09 Å². The van der Waals surface area contributed by atoms with Crippen LogP contribution < -0.4 is 15.4 Å². The van der Waals surface area contributed by atoms with Gasteiger partial charge in [-0.25, -0.2) is 13.2 Å². The van der Waals surface area contributed by atoms with Crippen molar-refractivity contribution in [1.29, 1.82) is 0 Å². The normalized spacial score (nSPS) is 34.2. The Morgan fingerprint density at radius 2 is 1.85 bits per heavy atom. The number of ether oxygens (including phenoxy) is 2. The SMILES string of the molecule is C[C@@H]1C[C@H]2C(=O)N[C@]3(C(=O)NS(=O)(=O)C4CC4)C[C@H]3/C=C\CCCCC[C@H](NC(=O)OC3CCOCC3)C(=O)N2C1. The molecule has 12 nitrogen and oxygen atoms in total. The molecule has 5 atom stereocenters. The highest BCUT2D eigenvalue weighted by Gasteiger charge is 2.62. The first kappa shape index (κ1) is 29.8. The van der Waals surface area contributed by atoms with Crippen LogP contribution in [0, 0.1) is 11.8 Å². The third kappa shape index (κ3) is 7.04. The summed E-state index contributed by atoms with van der Waals surface area (Å²) in [5.41, 5.74) is -1.37. The predicted octanol–water partition coefficient (Wildman–Crippen LogP) is 1.50. The van der Waals surface area contributed by atoms with E-state index in [0.717, 1.165) is 19.3 Å². The quantitative estimate of drug-likeness (QED) is 0.404. The number of carbonyl (C=O) groups excluding carboxylic acids is 4. The average molecular weight is 595 g/mol. The van der Waals surface area contributed by atoms with Crippen molar-refractivity contribution in [3.63, 3.8) is 0 Å². The van der Waals surface area contributed by atoms with Gasteiger partial charge in [-0.15, -0.1) is 0 Å². The van der Waals surface area contributed by atoms with Crippen molar-refractivity contribution in [2.24, 2.45) is 11.8 Å². The van der Waals surface area contributed by atoms with E-state index in [4.69, 9.17) is 9.47 Å². The molecule has 0 aromatic heterocycles. The van der Waals surface area contributed by atoms with Crippen LogP contribution in [0.2, 0.25) is 0 Å². The van der Waals surface area contributed by atoms with Crippen molar-refractivity contribution < 1.29 is 37.1 Å². The predicted molar refractivity (Wildman–Crippen MR) is 148 cm³/mol. The summed E-state index contributed by atoms with van der Waals surface area (Å²) < 4.78 is 38.2. The Bertz CT molecular complexity index is 1170. The number of allylic oxidation sites excluding steroid dienone is 1. The molecule has 0 bridgehead atoms. The van der Waals surface area contributed by atoms with Crippen molar-refractivity contribution in [2.75, 3.05) is 19.8 Å². The summed E-state index contributed by atoms with van der Waals surface area (Å²) in [6.45, 7) is 3.32. The average Bonchev–Trinajstić information content (AvgIpc) is 3.85. The monoisotopic (exact) mass is 594 g/mol. The lowest BCUT2D eigenvalue weighted by molar-refractivity contribution is -0.141. The molecule has 3 N–H and O–H groups in total. The molecule has 0 radical (unpaired) electrons. The fraction of sp³-hybridized carbons (Fsp3) is 0.786. The van der Waals surface area contributed by atoms with Crippen LogP contribution in [0.5, 0.6) is 0 Å². The third-order valence-electron chi connectivity index (χ3n) is 8.82. The van der Waals surface area contributed by atoms with E-state index in [9.17, 15) is 27.6 Å². The molecule has 5 aliphatic rings. The number of alkyl carbamates (subject to hydrolysis) is 1. The first-order chi connectivity index (χ1) is 19.6. The number of nitrogens with zero attached hydrogens (tertiary/aromatic N) is 1. The number of sulfonamides is 1. The molecule has 2 saturated heterocycles. The van der Waals surface area contributed by atoms with Gasteiger partial charge < -0.3 is 25.0 Å². The maximum atomic E-state index is 13.8. The summed E-state index contributed by atoms with van der Waals surface area (Å²) in [5.74, 6) is -1.87. The lowest BCUT2D eigenvalue weighted by atomic mass is 10.0. The number of amides is 4. The van der Waals surface area contributed by atoms with Crippen LogP contribution in [0.3, 0.4) is 0 Å². The van der Waals surface area contributed by atoms with Crippen LogP contribution in [0.15, 0.2) is 12.2 Å². The van der Waals surface area contributed by atoms with E-state index >= 15 is 0 Å². The second-order valence-corrected chi connectivity index (χ2v) is 14.2. The molecule has 2 aliphatic carbocycles. The minimum Gasteiger partial charge on any atom is -0.446 e. The van der Waals surface area contributed by atoms with Crippen molar-refractivity contribution in [2.45, 2.75) is 107 Å². The molecule has 4 fully saturated rings. The molecule has 2 saturated carbocycles. The smallest absolute Gasteiger partial charge is 0.408 e. The summed E-state index contributed by atoms with van der Waals surface area (Å²) in [4.78, 5) is 55.1. The molecule has 0 spiro atoms. The highest BCUT2D eigenvalue weighted by atomic mass is 32.2. The van der Waals surface area contributed by atoms with Gasteiger partial charge in [-0.1, -0.05) is 31.9 Å². The zero-order valence-electron chi connectivity index (χ0n) is 23.6. The Kier molecular flexibility index (Phi) is 8.93. The zero-order valence-corrected chi connectivity index (χ0v) is 24.5. The maximum Gasteiger partial charge on any atom is 0.408 e. The summed E-state index contributed by atoms with van der Waals surface area (Å²) in [5, 5.41) is 5.05. The molecule has 0 unspecified atom stereocenters. The van der Waals surface area contributed by atoms with Crippen molar-refractivity contribution in [1.82, 2.24) is 20.3 Å². The van der Waals surface area contributed by atoms with Gasteiger partial charge in [-0.05, 0) is 50.9 Å². The lowest BCUT2D eigenvalue weighted by Crippen LogP contribution is -2.58. The molecule has 0 aromatic carbocycles. The Balaban J connectivity index is 1.33. The second kappa shape index (κ2) is 12.3. The maximum absolute atomic E-state index is 13.8. The molecule has 3 heterocycles. The molecule has 41 heavy (non-hydrogen) atoms. The van der Waals surface area contributed by atoms with Crippen LogP contribution in [-0.4, -0.2) is 85.9 Å². The first-order valence-corrected chi connectivity index (χ1v) is 16.5. The Morgan fingerprint density at radius 1 is 1.10 bits per heavy atom. The minimum absolute atomic E-state index is 0.0262. The Morgan fingerprint density at radius 3 is 2.59 bits per heavy atom. The number of carbonyl (C=O) groups is 4. The second-order valence-electron chi connectivity index (χ2n) is 12.3. The first-order valence-electron chi connectivity index (χ1n) is 15.0. The molecule has 4 amide bonds. The fourth-order valence-electron chi connectivity index (χ4n) is 6.13. The Hall–Kier alpha value is -2.67. The van der Waals surface area contributed by atoms with Crippen LogP contribution in [0.4, 0.5) is 4.79 Å². The highest BCUT2D eigenvalue weighted by Crippen LogP contribution is 2.46. The largest absolute Gasteiger partial charge is 0.446 e. The summed E-state index contributed by atoms with van der Waals surface area (Å²) in [7, 11) is -3.79. The van der Waals surface area contributed by atoms with Gasteiger partial charge in [0.2, 0.25) is 21.8 Å². The molecular weight excluding hydrogens is 552 g/mol. The summed E-state index contributed by atoms with van der Waals surface area (Å²) in [6.07, 6.45) is 9.40. The van der Waals surface area contributed by atoms with Crippen molar-refractivity contribution in [3.05, 3.63) is 12.2 Å².